The van der Waals surface area contributed by atoms with E-state index in [4.69, 9.17) is 15.9 Å². The van der Waals surface area contributed by atoms with E-state index >= 15 is 0 Å². The highest BCUT2D eigenvalue weighted by atomic mass is 79.9. The van der Waals surface area contributed by atoms with Gasteiger partial charge in [0.1, 0.15) is 13.1 Å². The summed E-state index contributed by atoms with van der Waals surface area (Å²) < 4.78 is 0.476. The molecule has 0 unspecified atom stereocenters. The van der Waals surface area contributed by atoms with Crippen molar-refractivity contribution >= 4 is 39.5 Å². The molecule has 0 bridgehead atoms. The third-order valence-corrected chi connectivity index (χ3v) is 2.87. The monoisotopic (exact) mass is 330 g/mol. The van der Waals surface area contributed by atoms with Crippen LogP contribution in [-0.4, -0.2) is 46.0 Å². The van der Waals surface area contributed by atoms with Crippen molar-refractivity contribution in [1.82, 2.24) is 4.90 Å². The second kappa shape index (κ2) is 6.19. The minimum atomic E-state index is -1.29. The molecule has 4 N–H and O–H groups in total. The molecule has 0 aliphatic rings. The van der Waals surface area contributed by atoms with Gasteiger partial charge in [-0.05, 0) is 34.1 Å². The third kappa shape index (κ3) is 4.25. The maximum absolute atomic E-state index is 12.0. The number of nitrogens with zero attached hydrogens (tertiary/aromatic N) is 1. The highest BCUT2D eigenvalue weighted by Gasteiger charge is 2.21. The fourth-order valence-corrected chi connectivity index (χ4v) is 1.75. The van der Waals surface area contributed by atoms with Gasteiger partial charge in [0, 0.05) is 15.7 Å². The van der Waals surface area contributed by atoms with Gasteiger partial charge in [-0.1, -0.05) is 0 Å². The van der Waals surface area contributed by atoms with Gasteiger partial charge in [-0.15, -0.1) is 0 Å². The average Bonchev–Trinajstić information content (AvgIpc) is 2.29. The molecule has 0 fully saturated rings. The minimum Gasteiger partial charge on any atom is -0.480 e. The molecule has 0 spiro atoms. The zero-order valence-corrected chi connectivity index (χ0v) is 11.3. The molecule has 1 amide bonds. The average molecular weight is 331 g/mol. The number of anilines is 1. The number of carbonyl (C=O) groups excluding carboxylic acids is 1. The number of amides is 1. The predicted octanol–water partition coefficient (Wildman–Crippen LogP) is 0.643. The summed E-state index contributed by atoms with van der Waals surface area (Å²) >= 11 is 3.14. The molecule has 1 aromatic carbocycles. The fraction of sp³-hybridized carbons (Fsp3) is 0.182. The highest BCUT2D eigenvalue weighted by molar-refractivity contribution is 9.10. The van der Waals surface area contributed by atoms with Gasteiger partial charge in [-0.3, -0.25) is 14.4 Å². The Labute approximate surface area is 116 Å². The van der Waals surface area contributed by atoms with E-state index in [1.54, 1.807) is 0 Å². The molecule has 102 valence electrons. The van der Waals surface area contributed by atoms with Gasteiger partial charge < -0.3 is 20.8 Å². The van der Waals surface area contributed by atoms with Crippen molar-refractivity contribution in [3.8, 4) is 0 Å². The first-order valence-electron chi connectivity index (χ1n) is 5.09. The molecule has 0 aliphatic carbocycles. The smallest absolute Gasteiger partial charge is 0.323 e. The Balaban J connectivity index is 3.00. The number of nitrogens with two attached hydrogens (primary N) is 1. The number of nitrogen functional groups attached to an aromatic ring is 1. The van der Waals surface area contributed by atoms with Crippen molar-refractivity contribution in [1.29, 1.82) is 0 Å². The van der Waals surface area contributed by atoms with Crippen LogP contribution in [0.1, 0.15) is 10.4 Å². The van der Waals surface area contributed by atoms with Gasteiger partial charge >= 0.3 is 11.9 Å². The van der Waals surface area contributed by atoms with E-state index in [-0.39, 0.29) is 5.56 Å². The Morgan fingerprint density at radius 3 is 2.11 bits per heavy atom. The molecule has 0 aliphatic heterocycles. The number of rotatable bonds is 5. The van der Waals surface area contributed by atoms with E-state index < -0.39 is 30.9 Å². The number of hydrogen-bond donors (Lipinski definition) is 3. The van der Waals surface area contributed by atoms with Gasteiger partial charge in [0.25, 0.3) is 5.91 Å². The Kier molecular flexibility index (Phi) is 4.87. The minimum absolute atomic E-state index is 0.156. The Morgan fingerprint density at radius 1 is 1.16 bits per heavy atom. The van der Waals surface area contributed by atoms with Crippen LogP contribution >= 0.6 is 15.9 Å². The van der Waals surface area contributed by atoms with Crippen LogP contribution in [0.5, 0.6) is 0 Å². The fourth-order valence-electron chi connectivity index (χ4n) is 1.37. The quantitative estimate of drug-likeness (QED) is 0.681. The Bertz CT molecular complexity index is 516. The lowest BCUT2D eigenvalue weighted by Crippen LogP contribution is -2.39. The van der Waals surface area contributed by atoms with Crippen LogP contribution < -0.4 is 5.73 Å². The summed E-state index contributed by atoms with van der Waals surface area (Å²) in [5.74, 6) is -3.27. The summed E-state index contributed by atoms with van der Waals surface area (Å²) in [7, 11) is 0. The van der Waals surface area contributed by atoms with E-state index in [1.807, 2.05) is 0 Å². The largest absolute Gasteiger partial charge is 0.480 e. The summed E-state index contributed by atoms with van der Waals surface area (Å²) in [6.45, 7) is -1.37. The zero-order chi connectivity index (χ0) is 14.6. The Morgan fingerprint density at radius 2 is 1.68 bits per heavy atom. The molecule has 0 saturated heterocycles. The molecule has 0 atom stereocenters. The first-order chi connectivity index (χ1) is 8.81. The number of aliphatic carboxylic acids is 2. The van der Waals surface area contributed by atoms with Gasteiger partial charge in [-0.25, -0.2) is 0 Å². The highest BCUT2D eigenvalue weighted by Crippen LogP contribution is 2.21. The topological polar surface area (TPSA) is 121 Å². The second-order valence-electron chi connectivity index (χ2n) is 3.68. The van der Waals surface area contributed by atoms with Crippen molar-refractivity contribution < 1.29 is 24.6 Å². The summed E-state index contributed by atoms with van der Waals surface area (Å²) in [5.41, 5.74) is 6.14. The number of benzene rings is 1. The molecule has 0 aromatic heterocycles. The molecule has 0 radical (unpaired) electrons. The van der Waals surface area contributed by atoms with Crippen LogP contribution in [0.4, 0.5) is 5.69 Å². The number of halogens is 1. The molecule has 0 saturated carbocycles. The molecule has 8 heteroatoms. The Hall–Kier alpha value is -2.09. The maximum Gasteiger partial charge on any atom is 0.323 e. The maximum atomic E-state index is 12.0. The van der Waals surface area contributed by atoms with Crippen molar-refractivity contribution in [3.05, 3.63) is 28.2 Å². The molecule has 1 rings (SSSR count). The van der Waals surface area contributed by atoms with E-state index in [0.717, 1.165) is 4.90 Å². The normalized spacial score (nSPS) is 9.95. The summed E-state index contributed by atoms with van der Waals surface area (Å²) in [6.07, 6.45) is 0. The number of carboxylic acid groups (broad SMARTS) is 2. The summed E-state index contributed by atoms with van der Waals surface area (Å²) in [6, 6.07) is 4.28. The molecular formula is C11H11BrN2O5. The van der Waals surface area contributed by atoms with Crippen LogP contribution in [0.15, 0.2) is 22.7 Å². The zero-order valence-electron chi connectivity index (χ0n) is 9.67. The number of hydrogen-bond acceptors (Lipinski definition) is 4. The lowest BCUT2D eigenvalue weighted by atomic mass is 10.2. The van der Waals surface area contributed by atoms with Crippen LogP contribution in [0.3, 0.4) is 0 Å². The summed E-state index contributed by atoms with van der Waals surface area (Å²) in [4.78, 5) is 34.0. The van der Waals surface area contributed by atoms with Crippen LogP contribution in [0.2, 0.25) is 0 Å². The van der Waals surface area contributed by atoms with Crippen molar-refractivity contribution in [3.63, 3.8) is 0 Å². The summed E-state index contributed by atoms with van der Waals surface area (Å²) in [5, 5.41) is 17.4. The van der Waals surface area contributed by atoms with E-state index in [1.165, 1.54) is 18.2 Å². The lowest BCUT2D eigenvalue weighted by molar-refractivity contribution is -0.140. The number of carboxylic acids is 2. The SMILES string of the molecule is Nc1ccc(C(=O)N(CC(=O)O)CC(=O)O)cc1Br. The predicted molar refractivity (Wildman–Crippen MR) is 69.7 cm³/mol. The van der Waals surface area contributed by atoms with Gasteiger partial charge in [-0.2, -0.15) is 0 Å². The van der Waals surface area contributed by atoms with Gasteiger partial charge in [0.2, 0.25) is 0 Å². The standard InChI is InChI=1S/C11H11BrN2O5/c12-7-3-6(1-2-8(7)13)11(19)14(4-9(15)16)5-10(17)18/h1-3H,4-5,13H2,(H,15,16)(H,17,18). The van der Waals surface area contributed by atoms with E-state index in [9.17, 15) is 14.4 Å². The van der Waals surface area contributed by atoms with Crippen LogP contribution in [0, 0.1) is 0 Å². The number of carbonyl (C=O) groups is 3. The van der Waals surface area contributed by atoms with Gasteiger partial charge in [0.05, 0.1) is 0 Å². The molecule has 1 aromatic rings. The first kappa shape index (κ1) is 15.0. The first-order valence-corrected chi connectivity index (χ1v) is 5.88. The van der Waals surface area contributed by atoms with Crippen LogP contribution in [-0.2, 0) is 9.59 Å². The van der Waals surface area contributed by atoms with Crippen LogP contribution in [0.25, 0.3) is 0 Å². The van der Waals surface area contributed by atoms with E-state index in [2.05, 4.69) is 15.9 Å². The third-order valence-electron chi connectivity index (χ3n) is 2.19. The molecular weight excluding hydrogens is 320 g/mol. The second-order valence-corrected chi connectivity index (χ2v) is 4.54. The van der Waals surface area contributed by atoms with Crippen molar-refractivity contribution in [2.24, 2.45) is 0 Å². The molecule has 7 nitrogen and oxygen atoms in total. The van der Waals surface area contributed by atoms with Gasteiger partial charge in [0.15, 0.2) is 0 Å². The van der Waals surface area contributed by atoms with Crippen molar-refractivity contribution in [2.45, 2.75) is 0 Å². The van der Waals surface area contributed by atoms with Crippen molar-refractivity contribution in [2.75, 3.05) is 18.8 Å². The molecule has 19 heavy (non-hydrogen) atoms. The lowest BCUT2D eigenvalue weighted by Gasteiger charge is -2.18. The molecule has 0 heterocycles. The van der Waals surface area contributed by atoms with E-state index in [0.29, 0.717) is 10.2 Å².